The molecule has 0 amide bonds. The molecule has 0 saturated carbocycles. The van der Waals surface area contributed by atoms with Gasteiger partial charge in [-0.15, -0.1) is 0 Å². The highest BCUT2D eigenvalue weighted by Crippen LogP contribution is 2.36. The fraction of sp³-hybridized carbons (Fsp3) is 0.412. The van der Waals surface area contributed by atoms with Gasteiger partial charge in [-0.25, -0.2) is 0 Å². The molecule has 0 atom stereocenters. The lowest BCUT2D eigenvalue weighted by Crippen LogP contribution is -2.15. The highest BCUT2D eigenvalue weighted by Gasteiger charge is 2.21. The Hall–Kier alpha value is -1.30. The third-order valence-corrected chi connectivity index (χ3v) is 3.85. The van der Waals surface area contributed by atoms with Crippen LogP contribution in [0.4, 0.5) is 0 Å². The van der Waals surface area contributed by atoms with E-state index in [-0.39, 0.29) is 5.41 Å². The molecule has 0 bridgehead atoms. The molecule has 2 rings (SSSR count). The van der Waals surface area contributed by atoms with Crippen molar-refractivity contribution in [1.29, 1.82) is 0 Å². The Labute approximate surface area is 105 Å². The Morgan fingerprint density at radius 2 is 1.24 bits per heavy atom. The van der Waals surface area contributed by atoms with Crippen molar-refractivity contribution in [3.8, 4) is 0 Å². The summed E-state index contributed by atoms with van der Waals surface area (Å²) in [5.41, 5.74) is 6.01. The molecule has 0 N–H and O–H groups in total. The van der Waals surface area contributed by atoms with Gasteiger partial charge in [-0.05, 0) is 59.2 Å². The lowest BCUT2D eigenvalue weighted by Gasteiger charge is -2.26. The Bertz CT molecular complexity index is 569. The molecule has 0 heterocycles. The summed E-state index contributed by atoms with van der Waals surface area (Å²) >= 11 is 0. The van der Waals surface area contributed by atoms with Crippen molar-refractivity contribution in [2.24, 2.45) is 0 Å². The van der Waals surface area contributed by atoms with Crippen LogP contribution in [0, 0.1) is 20.8 Å². The average Bonchev–Trinajstić information content (AvgIpc) is 2.24. The van der Waals surface area contributed by atoms with E-state index in [0.717, 1.165) is 0 Å². The van der Waals surface area contributed by atoms with Crippen molar-refractivity contribution >= 4 is 10.8 Å². The minimum absolute atomic E-state index is 0.197. The normalized spacial score (nSPS) is 12.1. The van der Waals surface area contributed by atoms with Gasteiger partial charge < -0.3 is 0 Å². The molecule has 0 aliphatic heterocycles. The standard InChI is InChI=1S/C17H22/c1-11-12(2)14-9-7-8-10-15(14)16(13(11)3)17(4,5)6/h7-10H,1-6H3. The lowest BCUT2D eigenvalue weighted by molar-refractivity contribution is 0.591. The highest BCUT2D eigenvalue weighted by atomic mass is 14.3. The van der Waals surface area contributed by atoms with Gasteiger partial charge in [-0.1, -0.05) is 45.0 Å². The molecule has 0 aromatic heterocycles. The largest absolute Gasteiger partial charge is 0.0616 e. The second-order valence-corrected chi connectivity index (χ2v) is 6.05. The molecule has 0 aliphatic rings. The van der Waals surface area contributed by atoms with Crippen molar-refractivity contribution in [2.45, 2.75) is 47.0 Å². The number of rotatable bonds is 0. The van der Waals surface area contributed by atoms with Crippen LogP contribution in [0.25, 0.3) is 10.8 Å². The zero-order chi connectivity index (χ0) is 12.8. The first-order valence-electron chi connectivity index (χ1n) is 6.33. The molecule has 0 unspecified atom stereocenters. The molecule has 0 heteroatoms. The minimum Gasteiger partial charge on any atom is -0.0616 e. The maximum atomic E-state index is 2.30. The number of hydrogen-bond donors (Lipinski definition) is 0. The summed E-state index contributed by atoms with van der Waals surface area (Å²) in [7, 11) is 0. The number of benzene rings is 2. The van der Waals surface area contributed by atoms with Gasteiger partial charge in [0.1, 0.15) is 0 Å². The SMILES string of the molecule is Cc1c(C)c(C(C)(C)C)c2ccccc2c1C. The molecular formula is C17H22. The molecule has 0 aliphatic carbocycles. The fourth-order valence-electron chi connectivity index (χ4n) is 2.87. The summed E-state index contributed by atoms with van der Waals surface area (Å²) in [5, 5.41) is 2.82. The van der Waals surface area contributed by atoms with Crippen molar-refractivity contribution in [3.63, 3.8) is 0 Å². The summed E-state index contributed by atoms with van der Waals surface area (Å²) in [5.74, 6) is 0. The molecule has 2 aromatic rings. The van der Waals surface area contributed by atoms with Gasteiger partial charge in [0.25, 0.3) is 0 Å². The van der Waals surface area contributed by atoms with Crippen LogP contribution in [0.15, 0.2) is 24.3 Å². The number of aryl methyl sites for hydroxylation is 1. The van der Waals surface area contributed by atoms with Crippen molar-refractivity contribution in [2.75, 3.05) is 0 Å². The van der Waals surface area contributed by atoms with E-state index in [4.69, 9.17) is 0 Å². The molecule has 2 aromatic carbocycles. The van der Waals surface area contributed by atoms with Crippen LogP contribution in [0.5, 0.6) is 0 Å². The van der Waals surface area contributed by atoms with Crippen LogP contribution in [-0.2, 0) is 5.41 Å². The van der Waals surface area contributed by atoms with Crippen LogP contribution >= 0.6 is 0 Å². The van der Waals surface area contributed by atoms with Gasteiger partial charge in [-0.2, -0.15) is 0 Å². The summed E-state index contributed by atoms with van der Waals surface area (Å²) in [4.78, 5) is 0. The lowest BCUT2D eigenvalue weighted by atomic mass is 9.78. The van der Waals surface area contributed by atoms with E-state index in [1.54, 1.807) is 0 Å². The molecule has 17 heavy (non-hydrogen) atoms. The third-order valence-electron chi connectivity index (χ3n) is 3.85. The molecule has 0 saturated heterocycles. The second-order valence-electron chi connectivity index (χ2n) is 6.05. The zero-order valence-corrected chi connectivity index (χ0v) is 11.8. The summed E-state index contributed by atoms with van der Waals surface area (Å²) in [6.45, 7) is 13.6. The summed E-state index contributed by atoms with van der Waals surface area (Å²) in [6, 6.07) is 8.78. The van der Waals surface area contributed by atoms with Crippen LogP contribution in [0.1, 0.15) is 43.0 Å². The van der Waals surface area contributed by atoms with E-state index in [9.17, 15) is 0 Å². The van der Waals surface area contributed by atoms with Crippen LogP contribution in [0.3, 0.4) is 0 Å². The quantitative estimate of drug-likeness (QED) is 0.589. The summed E-state index contributed by atoms with van der Waals surface area (Å²) in [6.07, 6.45) is 0. The van der Waals surface area contributed by atoms with Crippen molar-refractivity contribution in [3.05, 3.63) is 46.5 Å². The first-order valence-corrected chi connectivity index (χ1v) is 6.33. The van der Waals surface area contributed by atoms with E-state index in [0.29, 0.717) is 0 Å². The molecule has 0 spiro atoms. The Balaban J connectivity index is 3.01. The van der Waals surface area contributed by atoms with Gasteiger partial charge in [0.2, 0.25) is 0 Å². The number of hydrogen-bond acceptors (Lipinski definition) is 0. The predicted molar refractivity (Wildman–Crippen MR) is 76.9 cm³/mol. The van der Waals surface area contributed by atoms with Gasteiger partial charge in [0.15, 0.2) is 0 Å². The molecule has 0 fully saturated rings. The van der Waals surface area contributed by atoms with Gasteiger partial charge in [-0.3, -0.25) is 0 Å². The van der Waals surface area contributed by atoms with E-state index in [1.807, 2.05) is 0 Å². The smallest absolute Gasteiger partial charge is 0.0123 e. The molecule has 0 radical (unpaired) electrons. The van der Waals surface area contributed by atoms with E-state index < -0.39 is 0 Å². The molecular weight excluding hydrogens is 204 g/mol. The fourth-order valence-corrected chi connectivity index (χ4v) is 2.87. The zero-order valence-electron chi connectivity index (χ0n) is 11.8. The van der Waals surface area contributed by atoms with Crippen LogP contribution in [0.2, 0.25) is 0 Å². The summed E-state index contributed by atoms with van der Waals surface area (Å²) < 4.78 is 0. The van der Waals surface area contributed by atoms with E-state index in [2.05, 4.69) is 65.8 Å². The van der Waals surface area contributed by atoms with E-state index in [1.165, 1.54) is 33.0 Å². The van der Waals surface area contributed by atoms with Crippen molar-refractivity contribution < 1.29 is 0 Å². The van der Waals surface area contributed by atoms with E-state index >= 15 is 0 Å². The monoisotopic (exact) mass is 226 g/mol. The van der Waals surface area contributed by atoms with Crippen molar-refractivity contribution in [1.82, 2.24) is 0 Å². The molecule has 90 valence electrons. The van der Waals surface area contributed by atoms with Gasteiger partial charge in [0, 0.05) is 0 Å². The predicted octanol–water partition coefficient (Wildman–Crippen LogP) is 5.06. The maximum Gasteiger partial charge on any atom is -0.0123 e. The van der Waals surface area contributed by atoms with Crippen LogP contribution < -0.4 is 0 Å². The Morgan fingerprint density at radius 3 is 1.76 bits per heavy atom. The number of fused-ring (bicyclic) bond motifs is 1. The van der Waals surface area contributed by atoms with Crippen LogP contribution in [-0.4, -0.2) is 0 Å². The first-order chi connectivity index (χ1) is 7.84. The van der Waals surface area contributed by atoms with Gasteiger partial charge >= 0.3 is 0 Å². The Morgan fingerprint density at radius 1 is 0.706 bits per heavy atom. The third kappa shape index (κ3) is 1.86. The molecule has 0 nitrogen and oxygen atoms in total. The highest BCUT2D eigenvalue weighted by molar-refractivity contribution is 5.91. The second kappa shape index (κ2) is 3.87. The average molecular weight is 226 g/mol. The topological polar surface area (TPSA) is 0 Å². The van der Waals surface area contributed by atoms with Gasteiger partial charge in [0.05, 0.1) is 0 Å². The minimum atomic E-state index is 0.197. The Kier molecular flexibility index (Phi) is 2.77. The first kappa shape index (κ1) is 12.2. The maximum absolute atomic E-state index is 2.30.